The first-order chi connectivity index (χ1) is 22.3. The molecule has 2 radical (unpaired) electrons. The van der Waals surface area contributed by atoms with Crippen LogP contribution in [0.15, 0.2) is 54.6 Å². The van der Waals surface area contributed by atoms with Crippen LogP contribution in [0.5, 0.6) is 11.6 Å². The summed E-state index contributed by atoms with van der Waals surface area (Å²) in [4.78, 5) is 31.9. The van der Waals surface area contributed by atoms with Gasteiger partial charge in [-0.15, -0.1) is 6.42 Å². The molecule has 234 valence electrons. The number of nitrogens with one attached hydrogen (secondary N) is 2. The third-order valence-corrected chi connectivity index (χ3v) is 8.30. The van der Waals surface area contributed by atoms with Crippen molar-refractivity contribution in [3.05, 3.63) is 71.4 Å². The van der Waals surface area contributed by atoms with Crippen LogP contribution in [-0.2, 0) is 16.1 Å². The summed E-state index contributed by atoms with van der Waals surface area (Å²) < 4.78 is 16.9. The summed E-state index contributed by atoms with van der Waals surface area (Å²) in [5.74, 6) is 2.99. The van der Waals surface area contributed by atoms with Gasteiger partial charge < -0.3 is 24.8 Å². The normalized spacial score (nSPS) is 15.5. The van der Waals surface area contributed by atoms with Crippen LogP contribution in [0.2, 0.25) is 0 Å². The minimum absolute atomic E-state index is 0.0280. The molecule has 0 atom stereocenters. The highest BCUT2D eigenvalue weighted by atomic mass is 16.5. The van der Waals surface area contributed by atoms with Gasteiger partial charge in [0.05, 0.1) is 42.4 Å². The van der Waals surface area contributed by atoms with E-state index in [1.807, 2.05) is 18.2 Å². The van der Waals surface area contributed by atoms with E-state index >= 15 is 0 Å². The minimum Gasteiger partial charge on any atom is -0.488 e. The molecule has 11 heteroatoms. The Kier molecular flexibility index (Phi) is 10.5. The van der Waals surface area contributed by atoms with Crippen LogP contribution < -0.4 is 25.6 Å². The second-order valence-electron chi connectivity index (χ2n) is 11.7. The smallest absolute Gasteiger partial charge is 0.337 e. The molecular formula is C35H36BN5O5. The summed E-state index contributed by atoms with van der Waals surface area (Å²) in [7, 11) is 7.37. The zero-order valence-electron chi connectivity index (χ0n) is 25.9. The van der Waals surface area contributed by atoms with E-state index in [1.165, 1.54) is 7.11 Å². The number of nitrogens with zero attached hydrogens (tertiary/aromatic N) is 3. The number of nitriles is 1. The van der Waals surface area contributed by atoms with Gasteiger partial charge in [0.1, 0.15) is 26.3 Å². The van der Waals surface area contributed by atoms with E-state index in [-0.39, 0.29) is 30.6 Å². The molecule has 5 rings (SSSR count). The number of benzene rings is 2. The molecule has 2 heterocycles. The van der Waals surface area contributed by atoms with Gasteiger partial charge in [0.15, 0.2) is 0 Å². The molecule has 10 nitrogen and oxygen atoms in total. The molecule has 1 saturated heterocycles. The number of terminal acetylenes is 1. The molecule has 46 heavy (non-hydrogen) atoms. The van der Waals surface area contributed by atoms with E-state index in [0.717, 1.165) is 25.7 Å². The lowest BCUT2D eigenvalue weighted by Gasteiger charge is -2.31. The van der Waals surface area contributed by atoms with E-state index in [4.69, 9.17) is 28.5 Å². The van der Waals surface area contributed by atoms with Crippen LogP contribution in [0.4, 0.5) is 11.4 Å². The van der Waals surface area contributed by atoms with Crippen molar-refractivity contribution in [1.82, 2.24) is 9.88 Å². The van der Waals surface area contributed by atoms with Crippen LogP contribution in [0.25, 0.3) is 0 Å². The zero-order chi connectivity index (χ0) is 32.5. The molecule has 2 aromatic carbocycles. The molecule has 2 aliphatic rings. The number of anilines is 2. The zero-order valence-corrected chi connectivity index (χ0v) is 25.9. The van der Waals surface area contributed by atoms with Crippen LogP contribution >= 0.6 is 0 Å². The molecule has 0 bridgehead atoms. The predicted molar refractivity (Wildman–Crippen MR) is 175 cm³/mol. The number of esters is 1. The first-order valence-corrected chi connectivity index (χ1v) is 15.3. The highest BCUT2D eigenvalue weighted by molar-refractivity contribution is 6.34. The van der Waals surface area contributed by atoms with E-state index in [9.17, 15) is 14.9 Å². The van der Waals surface area contributed by atoms with Gasteiger partial charge in [-0.3, -0.25) is 9.69 Å². The monoisotopic (exact) mass is 617 g/mol. The Morgan fingerprint density at radius 1 is 1.13 bits per heavy atom. The topological polar surface area (TPSA) is 126 Å². The van der Waals surface area contributed by atoms with Crippen molar-refractivity contribution in [3.63, 3.8) is 0 Å². The Balaban J connectivity index is 1.10. The number of piperidine rings is 1. The Bertz CT molecular complexity index is 1650. The van der Waals surface area contributed by atoms with Crippen molar-refractivity contribution in [1.29, 1.82) is 5.26 Å². The number of carbonyl (C=O) groups excluding carboxylic acids is 2. The molecule has 2 fully saturated rings. The van der Waals surface area contributed by atoms with Gasteiger partial charge in [-0.1, -0.05) is 17.4 Å². The average Bonchev–Trinajstić information content (AvgIpc) is 3.84. The van der Waals surface area contributed by atoms with Crippen molar-refractivity contribution >= 4 is 36.6 Å². The fraction of sp³-hybridized carbons (Fsp3) is 0.371. The molecule has 1 amide bonds. The lowest BCUT2D eigenvalue weighted by molar-refractivity contribution is -0.117. The van der Waals surface area contributed by atoms with Gasteiger partial charge >= 0.3 is 5.97 Å². The number of carbonyl (C=O) groups is 2. The van der Waals surface area contributed by atoms with Crippen molar-refractivity contribution in [3.8, 4) is 30.0 Å². The number of likely N-dealkylation sites (tertiary alicyclic amines) is 1. The number of methoxy groups -OCH3 is 1. The van der Waals surface area contributed by atoms with E-state index < -0.39 is 5.97 Å². The molecule has 1 saturated carbocycles. The summed E-state index contributed by atoms with van der Waals surface area (Å²) in [5.41, 5.74) is 3.38. The largest absolute Gasteiger partial charge is 0.488 e. The Morgan fingerprint density at radius 3 is 2.63 bits per heavy atom. The summed E-state index contributed by atoms with van der Waals surface area (Å²) in [6, 6.07) is 18.0. The number of hydrogen-bond donors (Lipinski definition) is 2. The molecule has 1 aromatic heterocycles. The highest BCUT2D eigenvalue weighted by Gasteiger charge is 2.42. The van der Waals surface area contributed by atoms with Crippen LogP contribution in [0.1, 0.15) is 53.7 Å². The molecule has 3 aromatic rings. The second kappa shape index (κ2) is 14.9. The number of rotatable bonds is 13. The maximum atomic E-state index is 13.1. The van der Waals surface area contributed by atoms with Crippen LogP contribution in [-0.4, -0.2) is 69.0 Å². The quantitative estimate of drug-likeness (QED) is 0.167. The molecular weight excluding hydrogens is 581 g/mol. The number of pyridine rings is 1. The average molecular weight is 618 g/mol. The third-order valence-electron chi connectivity index (χ3n) is 8.30. The first-order valence-electron chi connectivity index (χ1n) is 15.3. The van der Waals surface area contributed by atoms with Crippen molar-refractivity contribution < 1.29 is 23.8 Å². The number of ether oxygens (including phenoxy) is 3. The maximum Gasteiger partial charge on any atom is 0.337 e. The number of aromatic nitrogens is 1. The lowest BCUT2D eigenvalue weighted by atomic mass is 9.93. The predicted octanol–water partition coefficient (Wildman–Crippen LogP) is 3.81. The fourth-order valence-corrected chi connectivity index (χ4v) is 5.36. The lowest BCUT2D eigenvalue weighted by Crippen LogP contribution is -2.42. The molecule has 1 aliphatic carbocycles. The minimum atomic E-state index is -0.462. The van der Waals surface area contributed by atoms with Crippen LogP contribution in [0, 0.1) is 29.1 Å². The third kappa shape index (κ3) is 8.59. The Labute approximate surface area is 270 Å². The Hall–Kier alpha value is -5.00. The van der Waals surface area contributed by atoms with E-state index in [0.29, 0.717) is 71.3 Å². The summed E-state index contributed by atoms with van der Waals surface area (Å²) in [5, 5.41) is 15.5. The molecule has 1 aliphatic heterocycles. The Morgan fingerprint density at radius 2 is 1.93 bits per heavy atom. The molecule has 0 unspecified atom stereocenters. The highest BCUT2D eigenvalue weighted by Crippen LogP contribution is 2.48. The second-order valence-corrected chi connectivity index (χ2v) is 11.7. The van der Waals surface area contributed by atoms with Gasteiger partial charge in [-0.05, 0) is 68.1 Å². The van der Waals surface area contributed by atoms with Gasteiger partial charge in [-0.2, -0.15) is 5.26 Å². The maximum absolute atomic E-state index is 13.1. The summed E-state index contributed by atoms with van der Waals surface area (Å²) in [6.45, 7) is 2.42. The van der Waals surface area contributed by atoms with E-state index in [1.54, 1.807) is 36.4 Å². The fourth-order valence-electron chi connectivity index (χ4n) is 5.36. The van der Waals surface area contributed by atoms with Gasteiger partial charge in [0.2, 0.25) is 11.8 Å². The SMILES string of the molecule is [B]c1cc(C#C)ccc1OCc1cccc(OC2CCN(CC(=O)Nc3ccc(C(=O)OC)cc3NCC3(CC#N)CC3)CC2)n1. The standard InChI is InChI=1S/C35H36BN5O5/c1-3-24-7-10-31(28(36)19-24)45-22-26-5-4-6-33(39-26)46-27-11-17-41(18-12-27)21-32(42)40-29-9-8-25(34(43)44-2)20-30(29)38-23-35(13-14-35)15-16-37/h1,4-10,19-20,27,38H,11-15,17-18,21-23H2,2H3,(H,40,42). The molecule has 2 N–H and O–H groups in total. The van der Waals surface area contributed by atoms with Gasteiger partial charge in [0.25, 0.3) is 0 Å². The van der Waals surface area contributed by atoms with Crippen LogP contribution in [0.3, 0.4) is 0 Å². The van der Waals surface area contributed by atoms with Gasteiger partial charge in [0, 0.05) is 43.1 Å². The summed E-state index contributed by atoms with van der Waals surface area (Å²) >= 11 is 0. The van der Waals surface area contributed by atoms with E-state index in [2.05, 4.69) is 32.5 Å². The van der Waals surface area contributed by atoms with Crippen molar-refractivity contribution in [2.75, 3.05) is 43.9 Å². The molecule has 0 spiro atoms. The number of hydrogen-bond acceptors (Lipinski definition) is 9. The van der Waals surface area contributed by atoms with Crippen molar-refractivity contribution in [2.24, 2.45) is 5.41 Å². The summed E-state index contributed by atoms with van der Waals surface area (Å²) in [6.07, 6.45) is 9.29. The number of amides is 1. The van der Waals surface area contributed by atoms with Crippen molar-refractivity contribution in [2.45, 2.75) is 44.8 Å². The first kappa shape index (κ1) is 32.4. The van der Waals surface area contributed by atoms with Gasteiger partial charge in [-0.25, -0.2) is 9.78 Å².